The van der Waals surface area contributed by atoms with Gasteiger partial charge in [-0.15, -0.1) is 0 Å². The monoisotopic (exact) mass is 979 g/mol. The highest BCUT2D eigenvalue weighted by Crippen LogP contribution is 2.14. The average Bonchev–Trinajstić information content (AvgIpc) is 3.25. The lowest BCUT2D eigenvalue weighted by atomic mass is 9.96. The van der Waals surface area contributed by atoms with Crippen LogP contribution in [0.15, 0.2) is 24.3 Å². The first-order chi connectivity index (χ1) is 32.1. The number of carbonyl (C=O) groups excluding carboxylic acids is 9. The summed E-state index contributed by atoms with van der Waals surface area (Å²) >= 11 is 0. The summed E-state index contributed by atoms with van der Waals surface area (Å²) < 4.78 is 0. The van der Waals surface area contributed by atoms with E-state index >= 15 is 0 Å². The van der Waals surface area contributed by atoms with Gasteiger partial charge in [0.2, 0.25) is 53.2 Å². The number of amides is 9. The Morgan fingerprint density at radius 3 is 1.58 bits per heavy atom. The molecule has 0 aliphatic carbocycles. The van der Waals surface area contributed by atoms with E-state index in [1.54, 1.807) is 39.8 Å². The Kier molecular flexibility index (Phi) is 25.4. The lowest BCUT2D eigenvalue weighted by Crippen LogP contribution is -2.62. The molecule has 25 nitrogen and oxygen atoms in total. The van der Waals surface area contributed by atoms with Crippen LogP contribution in [0, 0.1) is 17.8 Å². The Balaban J connectivity index is 3.07. The number of hydrogen-bond donors (Lipinski definition) is 14. The second-order valence-electron chi connectivity index (χ2n) is 17.4. The Bertz CT molecular complexity index is 1980. The van der Waals surface area contributed by atoms with E-state index in [4.69, 9.17) is 0 Å². The van der Waals surface area contributed by atoms with Crippen LogP contribution in [0.3, 0.4) is 0 Å². The van der Waals surface area contributed by atoms with Crippen molar-refractivity contribution in [1.82, 2.24) is 47.9 Å². The fourth-order valence-corrected chi connectivity index (χ4v) is 6.45. The van der Waals surface area contributed by atoms with E-state index in [1.165, 1.54) is 46.8 Å². The van der Waals surface area contributed by atoms with Crippen LogP contribution in [-0.2, 0) is 59.2 Å². The second kappa shape index (κ2) is 29.1. The van der Waals surface area contributed by atoms with Gasteiger partial charge in [0.15, 0.2) is 0 Å². The van der Waals surface area contributed by atoms with Gasteiger partial charge in [0.25, 0.3) is 0 Å². The van der Waals surface area contributed by atoms with Gasteiger partial charge in [-0.1, -0.05) is 60.1 Å². The molecule has 1 rings (SSSR count). The Labute approximate surface area is 399 Å². The molecule has 0 saturated carbocycles. The number of phenolic OH excluding ortho intramolecular Hbond substituents is 1. The van der Waals surface area contributed by atoms with E-state index in [9.17, 15) is 78.3 Å². The summed E-state index contributed by atoms with van der Waals surface area (Å²) in [4.78, 5) is 141. The van der Waals surface area contributed by atoms with Crippen molar-refractivity contribution in [2.24, 2.45) is 17.8 Å². The normalized spacial score (nSPS) is 15.4. The van der Waals surface area contributed by atoms with Gasteiger partial charge in [-0.3, -0.25) is 47.9 Å². The molecule has 0 spiro atoms. The number of aliphatic hydroxyl groups excluding tert-OH is 2. The number of aromatic hydroxyl groups is 1. The number of carboxylic acids is 2. The van der Waals surface area contributed by atoms with E-state index in [1.807, 2.05) is 0 Å². The maximum atomic E-state index is 13.8. The van der Waals surface area contributed by atoms with E-state index in [0.717, 1.165) is 0 Å². The second-order valence-corrected chi connectivity index (χ2v) is 17.4. The van der Waals surface area contributed by atoms with Crippen LogP contribution < -0.4 is 47.9 Å². The molecular formula is C44H69N9O16. The molecule has 0 aliphatic heterocycles. The summed E-state index contributed by atoms with van der Waals surface area (Å²) in [7, 11) is 0. The smallest absolute Gasteiger partial charge is 0.326 e. The zero-order valence-corrected chi connectivity index (χ0v) is 40.2. The third-order valence-corrected chi connectivity index (χ3v) is 10.5. The van der Waals surface area contributed by atoms with E-state index in [2.05, 4.69) is 47.9 Å². The molecule has 0 aliphatic rings. The van der Waals surface area contributed by atoms with Gasteiger partial charge in [0.1, 0.15) is 54.1 Å². The van der Waals surface area contributed by atoms with Crippen molar-refractivity contribution < 1.29 is 78.3 Å². The molecule has 0 unspecified atom stereocenters. The highest BCUT2D eigenvalue weighted by atomic mass is 16.4. The fraction of sp³-hybridized carbons (Fsp3) is 0.614. The summed E-state index contributed by atoms with van der Waals surface area (Å²) in [5.41, 5.74) is 0.594. The summed E-state index contributed by atoms with van der Waals surface area (Å²) in [5, 5.41) is 70.1. The van der Waals surface area contributed by atoms with E-state index in [0.29, 0.717) is 5.56 Å². The zero-order chi connectivity index (χ0) is 52.9. The summed E-state index contributed by atoms with van der Waals surface area (Å²) in [6, 6.07) is -6.00. The molecule has 9 amide bonds. The largest absolute Gasteiger partial charge is 0.508 e. The highest BCUT2D eigenvalue weighted by molar-refractivity contribution is 5.98. The lowest BCUT2D eigenvalue weighted by Gasteiger charge is -2.30. The zero-order valence-electron chi connectivity index (χ0n) is 40.2. The summed E-state index contributed by atoms with van der Waals surface area (Å²) in [6.45, 7) is 11.6. The van der Waals surface area contributed by atoms with Crippen LogP contribution in [0.25, 0.3) is 0 Å². The molecule has 1 aromatic rings. The number of phenols is 1. The first-order valence-electron chi connectivity index (χ1n) is 22.3. The Hall–Kier alpha value is -6.89. The maximum Gasteiger partial charge on any atom is 0.326 e. The van der Waals surface area contributed by atoms with Crippen LogP contribution in [0.4, 0.5) is 0 Å². The molecular weight excluding hydrogens is 911 g/mol. The number of aliphatic hydroxyl groups is 2. The first kappa shape index (κ1) is 60.1. The van der Waals surface area contributed by atoms with Crippen molar-refractivity contribution in [2.45, 2.75) is 142 Å². The van der Waals surface area contributed by atoms with Crippen molar-refractivity contribution in [1.29, 1.82) is 0 Å². The quantitative estimate of drug-likeness (QED) is 0.0373. The van der Waals surface area contributed by atoms with Gasteiger partial charge >= 0.3 is 11.9 Å². The molecule has 0 aromatic heterocycles. The number of carbonyl (C=O) groups is 11. The van der Waals surface area contributed by atoms with Crippen molar-refractivity contribution in [2.75, 3.05) is 13.2 Å². The van der Waals surface area contributed by atoms with Gasteiger partial charge in [0, 0.05) is 13.3 Å². The Morgan fingerprint density at radius 1 is 0.580 bits per heavy atom. The van der Waals surface area contributed by atoms with Crippen molar-refractivity contribution in [3.05, 3.63) is 29.8 Å². The number of nitrogens with one attached hydrogen (secondary N) is 9. The van der Waals surface area contributed by atoms with E-state index < -0.39 is 151 Å². The molecule has 1 aromatic carbocycles. The minimum atomic E-state index is -1.83. The van der Waals surface area contributed by atoms with Crippen LogP contribution in [0.5, 0.6) is 5.75 Å². The molecule has 25 heteroatoms. The average molecular weight is 980 g/mol. The maximum absolute atomic E-state index is 13.8. The van der Waals surface area contributed by atoms with Crippen LogP contribution >= 0.6 is 0 Å². The van der Waals surface area contributed by atoms with E-state index in [-0.39, 0.29) is 30.9 Å². The summed E-state index contributed by atoms with van der Waals surface area (Å²) in [5.74, 6) is -12.8. The topological polar surface area (TPSA) is 397 Å². The molecule has 10 atom stereocenters. The fourth-order valence-electron chi connectivity index (χ4n) is 6.45. The van der Waals surface area contributed by atoms with Gasteiger partial charge in [-0.25, -0.2) is 4.79 Å². The van der Waals surface area contributed by atoms with Gasteiger partial charge in [0.05, 0.1) is 25.7 Å². The summed E-state index contributed by atoms with van der Waals surface area (Å²) in [6.07, 6.45) is -2.28. The number of carboxylic acid groups (broad SMARTS) is 2. The van der Waals surface area contributed by atoms with Crippen LogP contribution in [0.1, 0.15) is 87.1 Å². The molecule has 0 bridgehead atoms. The van der Waals surface area contributed by atoms with Crippen molar-refractivity contribution in [3.8, 4) is 5.75 Å². The first-order valence-corrected chi connectivity index (χ1v) is 22.3. The number of benzene rings is 1. The standard InChI is InChI=1S/C44H69N9O16/c1-10-22(6)35(42(66)50-31(19-54)40(64)48-29(17-33(59)60)39(63)49-30(44(68)69)15-20(2)3)53-41(65)34(21(4)5)52-43(67)36(24(8)55)51-32(58)18-45-37(61)23(7)46-38(62)28(47-25(9)56)16-26-11-13-27(57)14-12-26/h11-14,20-24,28-31,34-36,54-55,57H,10,15-19H2,1-9H3,(H,45,61)(H,46,62)(H,47,56)(H,48,64)(H,49,63)(H,50,66)(H,51,58)(H,52,67)(H,53,65)(H,59,60)(H,68,69)/t22-,23-,24+,28-,29-,30-,31-,34-,35-,36-/m0/s1. The molecule has 386 valence electrons. The third-order valence-electron chi connectivity index (χ3n) is 10.5. The van der Waals surface area contributed by atoms with Crippen LogP contribution in [-0.4, -0.2) is 158 Å². The lowest BCUT2D eigenvalue weighted by molar-refractivity contribution is -0.144. The van der Waals surface area contributed by atoms with Gasteiger partial charge in [-0.2, -0.15) is 0 Å². The number of rotatable bonds is 29. The van der Waals surface area contributed by atoms with Gasteiger partial charge < -0.3 is 73.4 Å². The molecule has 0 radical (unpaired) electrons. The highest BCUT2D eigenvalue weighted by Gasteiger charge is 2.37. The number of aliphatic carboxylic acids is 2. The molecule has 0 heterocycles. The Morgan fingerprint density at radius 2 is 1.09 bits per heavy atom. The minimum absolute atomic E-state index is 0.00750. The SMILES string of the molecule is CC[C@H](C)[C@H](NC(=O)[C@@H](NC(=O)[C@@H](NC(=O)CNC(=O)[C@H](C)NC(=O)[C@H](Cc1ccc(O)cc1)NC(C)=O)[C@@H](C)O)C(C)C)C(=O)N[C@@H](CO)C(=O)N[C@@H](CC(=O)O)C(=O)N[C@@H](CC(C)C)C(=O)O. The van der Waals surface area contributed by atoms with Crippen molar-refractivity contribution in [3.63, 3.8) is 0 Å². The van der Waals surface area contributed by atoms with Crippen LogP contribution in [0.2, 0.25) is 0 Å². The third kappa shape index (κ3) is 21.3. The predicted molar refractivity (Wildman–Crippen MR) is 244 cm³/mol. The number of hydrogen-bond acceptors (Lipinski definition) is 14. The predicted octanol–water partition coefficient (Wildman–Crippen LogP) is -3.35. The molecule has 0 saturated heterocycles. The molecule has 69 heavy (non-hydrogen) atoms. The molecule has 0 fully saturated rings. The minimum Gasteiger partial charge on any atom is -0.508 e. The van der Waals surface area contributed by atoms with Crippen molar-refractivity contribution >= 4 is 65.1 Å². The molecule has 14 N–H and O–H groups in total. The van der Waals surface area contributed by atoms with Gasteiger partial charge in [-0.05, 0) is 55.7 Å².